The number of rotatable bonds is 5. The van der Waals surface area contributed by atoms with E-state index < -0.39 is 0 Å². The Hall–Kier alpha value is -2.20. The Morgan fingerprint density at radius 2 is 1.96 bits per heavy atom. The number of nitrogens with zero attached hydrogens (tertiary/aromatic N) is 1. The number of carbonyl (C=O) groups is 1. The second kappa shape index (κ2) is 7.38. The monoisotopic (exact) mass is 333 g/mol. The molecule has 4 nitrogen and oxygen atoms in total. The van der Waals surface area contributed by atoms with Gasteiger partial charge in [0.15, 0.2) is 11.5 Å². The fourth-order valence-corrected chi connectivity index (χ4v) is 2.55. The number of para-hydroxylation sites is 1. The molecule has 2 aromatic carbocycles. The van der Waals surface area contributed by atoms with E-state index in [9.17, 15) is 9.90 Å². The average Bonchev–Trinajstić information content (AvgIpc) is 2.52. The number of amides is 1. The number of carbonyl (C=O) groups excluding carboxylic acids is 1. The van der Waals surface area contributed by atoms with Crippen LogP contribution in [-0.2, 0) is 6.54 Å². The van der Waals surface area contributed by atoms with Crippen LogP contribution in [0.3, 0.4) is 0 Å². The van der Waals surface area contributed by atoms with E-state index in [1.165, 1.54) is 7.11 Å². The molecule has 0 aliphatic rings. The summed E-state index contributed by atoms with van der Waals surface area (Å²) in [6.45, 7) is 4.27. The first-order valence-corrected chi connectivity index (χ1v) is 7.73. The van der Waals surface area contributed by atoms with E-state index in [0.717, 1.165) is 5.56 Å². The molecule has 122 valence electrons. The van der Waals surface area contributed by atoms with Gasteiger partial charge >= 0.3 is 0 Å². The summed E-state index contributed by atoms with van der Waals surface area (Å²) in [4.78, 5) is 14.5. The zero-order chi connectivity index (χ0) is 17.0. The number of hydrogen-bond donors (Lipinski definition) is 1. The highest BCUT2D eigenvalue weighted by Gasteiger charge is 2.23. The Kier molecular flexibility index (Phi) is 5.50. The lowest BCUT2D eigenvalue weighted by atomic mass is 10.1. The highest BCUT2D eigenvalue weighted by molar-refractivity contribution is 6.30. The van der Waals surface area contributed by atoms with Gasteiger partial charge in [-0.05, 0) is 43.7 Å². The van der Waals surface area contributed by atoms with Crippen LogP contribution in [0.25, 0.3) is 0 Å². The lowest BCUT2D eigenvalue weighted by Crippen LogP contribution is -2.36. The van der Waals surface area contributed by atoms with E-state index >= 15 is 0 Å². The van der Waals surface area contributed by atoms with Gasteiger partial charge in [0.05, 0.1) is 12.7 Å². The molecule has 0 fully saturated rings. The smallest absolute Gasteiger partial charge is 0.258 e. The molecule has 5 heteroatoms. The Bertz CT molecular complexity index is 700. The maximum Gasteiger partial charge on any atom is 0.258 e. The maximum absolute atomic E-state index is 12.8. The van der Waals surface area contributed by atoms with Crippen LogP contribution >= 0.6 is 11.6 Å². The third-order valence-corrected chi connectivity index (χ3v) is 3.81. The van der Waals surface area contributed by atoms with Gasteiger partial charge in [-0.15, -0.1) is 0 Å². The van der Waals surface area contributed by atoms with E-state index in [2.05, 4.69) is 0 Å². The standard InChI is InChI=1S/C18H20ClNO3/c1-12(2)20(11-13-6-4-7-14(19)10-13)18(22)15-8-5-9-16(23-3)17(15)21/h4-10,12,21H,11H2,1-3H3. The predicted molar refractivity (Wildman–Crippen MR) is 91.1 cm³/mol. The molecule has 0 saturated heterocycles. The maximum atomic E-state index is 12.8. The van der Waals surface area contributed by atoms with E-state index in [1.54, 1.807) is 29.2 Å². The normalized spacial score (nSPS) is 10.7. The van der Waals surface area contributed by atoms with E-state index in [4.69, 9.17) is 16.3 Å². The molecule has 0 bridgehead atoms. The molecule has 23 heavy (non-hydrogen) atoms. The fraction of sp³-hybridized carbons (Fsp3) is 0.278. The van der Waals surface area contributed by atoms with Crippen molar-refractivity contribution in [3.05, 3.63) is 58.6 Å². The van der Waals surface area contributed by atoms with Gasteiger partial charge in [0.2, 0.25) is 0 Å². The summed E-state index contributed by atoms with van der Waals surface area (Å²) >= 11 is 6.01. The van der Waals surface area contributed by atoms with Gasteiger partial charge in [-0.2, -0.15) is 0 Å². The van der Waals surface area contributed by atoms with Crippen molar-refractivity contribution in [2.24, 2.45) is 0 Å². The molecule has 0 unspecified atom stereocenters. The minimum absolute atomic E-state index is 0.0351. The summed E-state index contributed by atoms with van der Waals surface area (Å²) in [7, 11) is 1.45. The molecule has 0 atom stereocenters. The van der Waals surface area contributed by atoms with Crippen LogP contribution in [0.2, 0.25) is 5.02 Å². The zero-order valence-corrected chi connectivity index (χ0v) is 14.2. The van der Waals surface area contributed by atoms with Crippen LogP contribution in [0.4, 0.5) is 0 Å². The van der Waals surface area contributed by atoms with Crippen molar-refractivity contribution < 1.29 is 14.6 Å². The van der Waals surface area contributed by atoms with Crippen LogP contribution in [0.1, 0.15) is 29.8 Å². The van der Waals surface area contributed by atoms with Crippen LogP contribution < -0.4 is 4.74 Å². The summed E-state index contributed by atoms with van der Waals surface area (Å²) in [5, 5.41) is 10.8. The van der Waals surface area contributed by atoms with E-state index in [1.807, 2.05) is 32.0 Å². The van der Waals surface area contributed by atoms with Gasteiger partial charge in [-0.3, -0.25) is 4.79 Å². The third-order valence-electron chi connectivity index (χ3n) is 3.58. The number of ether oxygens (including phenoxy) is 1. The second-order valence-electron chi connectivity index (χ2n) is 5.51. The van der Waals surface area contributed by atoms with Crippen molar-refractivity contribution in [3.63, 3.8) is 0 Å². The summed E-state index contributed by atoms with van der Waals surface area (Å²) in [6, 6.07) is 12.2. The van der Waals surface area contributed by atoms with Crippen molar-refractivity contribution in [3.8, 4) is 11.5 Å². The molecule has 0 heterocycles. The van der Waals surface area contributed by atoms with Gasteiger partial charge in [-0.1, -0.05) is 29.8 Å². The first-order valence-electron chi connectivity index (χ1n) is 7.35. The van der Waals surface area contributed by atoms with Crippen LogP contribution in [0.15, 0.2) is 42.5 Å². The number of phenolic OH excluding ortho intramolecular Hbond substituents is 1. The molecule has 1 N–H and O–H groups in total. The van der Waals surface area contributed by atoms with Gasteiger partial charge in [0, 0.05) is 17.6 Å². The second-order valence-corrected chi connectivity index (χ2v) is 5.95. The quantitative estimate of drug-likeness (QED) is 0.896. The lowest BCUT2D eigenvalue weighted by Gasteiger charge is -2.27. The zero-order valence-electron chi connectivity index (χ0n) is 13.4. The van der Waals surface area contributed by atoms with Crippen LogP contribution in [0.5, 0.6) is 11.5 Å². The first kappa shape index (κ1) is 17.2. The number of halogens is 1. The number of aromatic hydroxyl groups is 1. The molecule has 1 amide bonds. The van der Waals surface area contributed by atoms with Crippen molar-refractivity contribution in [1.82, 2.24) is 4.90 Å². The highest BCUT2D eigenvalue weighted by Crippen LogP contribution is 2.31. The minimum atomic E-state index is -0.253. The van der Waals surface area contributed by atoms with Crippen molar-refractivity contribution >= 4 is 17.5 Å². The van der Waals surface area contributed by atoms with Gasteiger partial charge in [-0.25, -0.2) is 0 Å². The summed E-state index contributed by atoms with van der Waals surface area (Å²) in [5.74, 6) is -0.115. The van der Waals surface area contributed by atoms with Crippen molar-refractivity contribution in [1.29, 1.82) is 0 Å². The van der Waals surface area contributed by atoms with Gasteiger partial charge < -0.3 is 14.7 Å². The molecule has 0 aliphatic heterocycles. The first-order chi connectivity index (χ1) is 10.9. The van der Waals surface area contributed by atoms with Crippen molar-refractivity contribution in [2.75, 3.05) is 7.11 Å². The minimum Gasteiger partial charge on any atom is -0.504 e. The molecule has 0 saturated carbocycles. The molecule has 2 aromatic rings. The Balaban J connectivity index is 2.32. The van der Waals surface area contributed by atoms with Crippen LogP contribution in [0, 0.1) is 0 Å². The predicted octanol–water partition coefficient (Wildman–Crippen LogP) is 4.11. The summed E-state index contributed by atoms with van der Waals surface area (Å²) in [6.07, 6.45) is 0. The number of phenols is 1. The molecule has 0 radical (unpaired) electrons. The van der Waals surface area contributed by atoms with Gasteiger partial charge in [0.1, 0.15) is 0 Å². The number of benzene rings is 2. The summed E-state index contributed by atoms with van der Waals surface area (Å²) < 4.78 is 5.07. The third kappa shape index (κ3) is 3.96. The number of hydrogen-bond acceptors (Lipinski definition) is 3. The fourth-order valence-electron chi connectivity index (χ4n) is 2.34. The van der Waals surface area contributed by atoms with Crippen molar-refractivity contribution in [2.45, 2.75) is 26.4 Å². The number of methoxy groups -OCH3 is 1. The highest BCUT2D eigenvalue weighted by atomic mass is 35.5. The van der Waals surface area contributed by atoms with E-state index in [-0.39, 0.29) is 29.0 Å². The lowest BCUT2D eigenvalue weighted by molar-refractivity contribution is 0.0686. The summed E-state index contributed by atoms with van der Waals surface area (Å²) in [5.41, 5.74) is 1.15. The molecule has 2 rings (SSSR count). The molecule has 0 aliphatic carbocycles. The van der Waals surface area contributed by atoms with Gasteiger partial charge in [0.25, 0.3) is 5.91 Å². The Morgan fingerprint density at radius 3 is 2.57 bits per heavy atom. The largest absolute Gasteiger partial charge is 0.504 e. The Labute approximate surface area is 141 Å². The van der Waals surface area contributed by atoms with E-state index in [0.29, 0.717) is 11.6 Å². The Morgan fingerprint density at radius 1 is 1.26 bits per heavy atom. The molecular formula is C18H20ClNO3. The SMILES string of the molecule is COc1cccc(C(=O)N(Cc2cccc(Cl)c2)C(C)C)c1O. The molecule has 0 aromatic heterocycles. The molecular weight excluding hydrogens is 314 g/mol. The molecule has 0 spiro atoms. The topological polar surface area (TPSA) is 49.8 Å². The van der Waals surface area contributed by atoms with Crippen LogP contribution in [-0.4, -0.2) is 29.1 Å². The average molecular weight is 334 g/mol.